The van der Waals surface area contributed by atoms with Crippen LogP contribution in [-0.4, -0.2) is 76.9 Å². The van der Waals surface area contributed by atoms with Gasteiger partial charge in [0.2, 0.25) is 5.91 Å². The molecule has 1 amide bonds. The SMILES string of the molecule is O=C(CN1CCC(Oc2ccc(OCCOC3CC3)cc2)CC1)N[C@@H]1CCOc2nc([N+](=O)[O-])cn21. The van der Waals surface area contributed by atoms with Gasteiger partial charge in [0.05, 0.1) is 25.9 Å². The van der Waals surface area contributed by atoms with Gasteiger partial charge in [-0.2, -0.15) is 0 Å². The van der Waals surface area contributed by atoms with Crippen LogP contribution in [0.15, 0.2) is 30.5 Å². The van der Waals surface area contributed by atoms with Crippen molar-refractivity contribution in [2.75, 3.05) is 39.5 Å². The van der Waals surface area contributed by atoms with Crippen LogP contribution < -0.4 is 19.5 Å². The number of hydrogen-bond donors (Lipinski definition) is 1. The summed E-state index contributed by atoms with van der Waals surface area (Å²) < 4.78 is 24.3. The molecule has 1 N–H and O–H groups in total. The lowest BCUT2D eigenvalue weighted by Crippen LogP contribution is -2.45. The molecule has 2 aromatic rings. The zero-order valence-corrected chi connectivity index (χ0v) is 20.0. The highest BCUT2D eigenvalue weighted by Crippen LogP contribution is 2.27. The van der Waals surface area contributed by atoms with Crippen LogP contribution in [0, 0.1) is 10.1 Å². The topological polar surface area (TPSA) is 130 Å². The second-order valence-corrected chi connectivity index (χ2v) is 9.25. The van der Waals surface area contributed by atoms with E-state index < -0.39 is 11.1 Å². The number of aromatic nitrogens is 2. The first-order valence-corrected chi connectivity index (χ1v) is 12.4. The number of likely N-dealkylation sites (tertiary alicyclic amines) is 1. The van der Waals surface area contributed by atoms with E-state index in [4.69, 9.17) is 18.9 Å². The molecule has 3 aliphatic rings. The molecule has 1 aromatic carbocycles. The average molecular weight is 502 g/mol. The molecule has 0 radical (unpaired) electrons. The Kier molecular flexibility index (Phi) is 7.52. The lowest BCUT2D eigenvalue weighted by molar-refractivity contribution is -0.389. The van der Waals surface area contributed by atoms with Crippen molar-refractivity contribution in [2.45, 2.75) is 50.5 Å². The van der Waals surface area contributed by atoms with Gasteiger partial charge >= 0.3 is 11.8 Å². The maximum absolute atomic E-state index is 12.7. The number of carbonyl (C=O) groups excluding carboxylic acids is 1. The highest BCUT2D eigenvalue weighted by molar-refractivity contribution is 5.78. The van der Waals surface area contributed by atoms with Gasteiger partial charge in [0.15, 0.2) is 0 Å². The Morgan fingerprint density at radius 3 is 2.56 bits per heavy atom. The molecule has 0 spiro atoms. The van der Waals surface area contributed by atoms with Crippen molar-refractivity contribution < 1.29 is 28.7 Å². The van der Waals surface area contributed by atoms with Crippen LogP contribution >= 0.6 is 0 Å². The van der Waals surface area contributed by atoms with E-state index in [1.54, 1.807) is 0 Å². The van der Waals surface area contributed by atoms with Gasteiger partial charge in [-0.15, -0.1) is 0 Å². The van der Waals surface area contributed by atoms with Crippen molar-refractivity contribution in [2.24, 2.45) is 0 Å². The summed E-state index contributed by atoms with van der Waals surface area (Å²) in [5.74, 6) is 1.16. The lowest BCUT2D eigenvalue weighted by Gasteiger charge is -2.32. The molecular formula is C24H31N5O7. The third kappa shape index (κ3) is 6.43. The summed E-state index contributed by atoms with van der Waals surface area (Å²) in [7, 11) is 0. The number of piperidine rings is 1. The molecule has 1 atom stereocenters. The summed E-state index contributed by atoms with van der Waals surface area (Å²) >= 11 is 0. The van der Waals surface area contributed by atoms with Gasteiger partial charge in [-0.3, -0.25) is 14.3 Å². The molecule has 0 unspecified atom stereocenters. The monoisotopic (exact) mass is 501 g/mol. The van der Waals surface area contributed by atoms with E-state index in [1.165, 1.54) is 10.8 Å². The van der Waals surface area contributed by atoms with Crippen LogP contribution in [0.3, 0.4) is 0 Å². The number of hydrogen-bond acceptors (Lipinski definition) is 9. The van der Waals surface area contributed by atoms with E-state index in [1.807, 2.05) is 24.3 Å². The van der Waals surface area contributed by atoms with Crippen LogP contribution in [0.2, 0.25) is 0 Å². The number of nitro groups is 1. The molecule has 1 saturated heterocycles. The maximum atomic E-state index is 12.7. The molecule has 2 aliphatic heterocycles. The van der Waals surface area contributed by atoms with E-state index in [0.717, 1.165) is 50.3 Å². The Labute approximate surface area is 208 Å². The molecule has 1 saturated carbocycles. The predicted molar refractivity (Wildman–Crippen MR) is 127 cm³/mol. The Morgan fingerprint density at radius 2 is 1.83 bits per heavy atom. The Morgan fingerprint density at radius 1 is 1.08 bits per heavy atom. The van der Waals surface area contributed by atoms with Gasteiger partial charge in [-0.25, -0.2) is 0 Å². The van der Waals surface area contributed by atoms with Gasteiger partial charge < -0.3 is 34.4 Å². The smallest absolute Gasteiger partial charge is 0.415 e. The van der Waals surface area contributed by atoms with Crippen LogP contribution in [0.4, 0.5) is 5.82 Å². The molecule has 12 heteroatoms. The van der Waals surface area contributed by atoms with E-state index in [-0.39, 0.29) is 30.4 Å². The van der Waals surface area contributed by atoms with Crippen LogP contribution in [0.1, 0.15) is 38.3 Å². The zero-order chi connectivity index (χ0) is 24.9. The number of amides is 1. The minimum atomic E-state index is -0.575. The van der Waals surface area contributed by atoms with Gasteiger partial charge in [-0.1, -0.05) is 0 Å². The normalized spacial score (nSPS) is 20.3. The average Bonchev–Trinajstić information content (AvgIpc) is 3.59. The quantitative estimate of drug-likeness (QED) is 0.280. The van der Waals surface area contributed by atoms with Gasteiger partial charge in [0, 0.05) is 24.5 Å². The van der Waals surface area contributed by atoms with Crippen molar-refractivity contribution in [3.8, 4) is 17.5 Å². The molecular weight excluding hydrogens is 470 g/mol. The summed E-state index contributed by atoms with van der Waals surface area (Å²) in [5.41, 5.74) is 0. The summed E-state index contributed by atoms with van der Waals surface area (Å²) in [5, 5.41) is 13.9. The fraction of sp³-hybridized carbons (Fsp3) is 0.583. The number of ether oxygens (including phenoxy) is 4. The number of imidazole rings is 1. The lowest BCUT2D eigenvalue weighted by atomic mass is 10.1. The molecule has 0 bridgehead atoms. The van der Waals surface area contributed by atoms with Crippen LogP contribution in [0.5, 0.6) is 17.5 Å². The number of fused-ring (bicyclic) bond motifs is 1. The molecule has 194 valence electrons. The van der Waals surface area contributed by atoms with Crippen molar-refractivity contribution in [3.05, 3.63) is 40.6 Å². The molecule has 5 rings (SSSR count). The van der Waals surface area contributed by atoms with E-state index in [2.05, 4.69) is 15.2 Å². The molecule has 1 aliphatic carbocycles. The second-order valence-electron chi connectivity index (χ2n) is 9.25. The third-order valence-corrected chi connectivity index (χ3v) is 6.42. The minimum Gasteiger partial charge on any atom is -0.491 e. The largest absolute Gasteiger partial charge is 0.491 e. The van der Waals surface area contributed by atoms with Crippen molar-refractivity contribution >= 4 is 11.7 Å². The summed E-state index contributed by atoms with van der Waals surface area (Å²) in [6.45, 7) is 3.24. The van der Waals surface area contributed by atoms with Crippen LogP contribution in [-0.2, 0) is 9.53 Å². The Balaban J connectivity index is 1.02. The number of rotatable bonds is 11. The number of nitrogens with zero attached hydrogens (tertiary/aromatic N) is 4. The van der Waals surface area contributed by atoms with Crippen molar-refractivity contribution in [1.82, 2.24) is 19.8 Å². The van der Waals surface area contributed by atoms with Crippen molar-refractivity contribution in [3.63, 3.8) is 0 Å². The first-order chi connectivity index (χ1) is 17.5. The molecule has 36 heavy (non-hydrogen) atoms. The number of nitrogens with one attached hydrogen (secondary N) is 1. The summed E-state index contributed by atoms with van der Waals surface area (Å²) in [6, 6.07) is 7.79. The van der Waals surface area contributed by atoms with E-state index in [0.29, 0.717) is 32.3 Å². The maximum Gasteiger partial charge on any atom is 0.415 e. The highest BCUT2D eigenvalue weighted by atomic mass is 16.6. The third-order valence-electron chi connectivity index (χ3n) is 6.42. The van der Waals surface area contributed by atoms with Gasteiger partial charge in [0.1, 0.15) is 36.6 Å². The fourth-order valence-corrected chi connectivity index (χ4v) is 4.36. The second kappa shape index (κ2) is 11.1. The zero-order valence-electron chi connectivity index (χ0n) is 20.0. The number of benzene rings is 1. The fourth-order valence-electron chi connectivity index (χ4n) is 4.36. The summed E-state index contributed by atoms with van der Waals surface area (Å²) in [4.78, 5) is 29.0. The Bertz CT molecular complexity index is 1050. The molecule has 12 nitrogen and oxygen atoms in total. The standard InChI is InChI=1S/C24H31N5O7/c30-23(25-21-9-12-35-24-26-22(29(31)32)15-28(21)24)16-27-10-7-20(8-11-27)36-19-5-3-18(4-6-19)34-14-13-33-17-1-2-17/h3-6,15,17,20-21H,1-2,7-14,16H2,(H,25,30)/t21-/m0/s1. The number of carbonyl (C=O) groups is 1. The van der Waals surface area contributed by atoms with E-state index in [9.17, 15) is 14.9 Å². The van der Waals surface area contributed by atoms with Crippen LogP contribution in [0.25, 0.3) is 0 Å². The minimum absolute atomic E-state index is 0.0903. The molecule has 2 fully saturated rings. The van der Waals surface area contributed by atoms with Gasteiger partial charge in [-0.05, 0) is 54.9 Å². The molecule has 3 heterocycles. The van der Waals surface area contributed by atoms with Crippen molar-refractivity contribution in [1.29, 1.82) is 0 Å². The Hall–Kier alpha value is -3.38. The first-order valence-electron chi connectivity index (χ1n) is 12.4. The predicted octanol–water partition coefficient (Wildman–Crippen LogP) is 2.29. The highest BCUT2D eigenvalue weighted by Gasteiger charge is 2.31. The first kappa shape index (κ1) is 24.3. The van der Waals surface area contributed by atoms with Gasteiger partial charge in [0.25, 0.3) is 0 Å². The molecule has 1 aromatic heterocycles. The summed E-state index contributed by atoms with van der Waals surface area (Å²) in [6.07, 6.45) is 5.89. The van der Waals surface area contributed by atoms with E-state index >= 15 is 0 Å².